The van der Waals surface area contributed by atoms with E-state index in [4.69, 9.17) is 0 Å². The van der Waals surface area contributed by atoms with Crippen molar-refractivity contribution in [3.63, 3.8) is 0 Å². The third-order valence-corrected chi connectivity index (χ3v) is 3.38. The molecule has 0 spiro atoms. The number of nitrogens with zero attached hydrogens (tertiary/aromatic N) is 3. The van der Waals surface area contributed by atoms with E-state index in [9.17, 15) is 4.79 Å². The van der Waals surface area contributed by atoms with Crippen LogP contribution in [0.3, 0.4) is 0 Å². The van der Waals surface area contributed by atoms with Crippen molar-refractivity contribution in [3.8, 4) is 0 Å². The van der Waals surface area contributed by atoms with Gasteiger partial charge in [0.25, 0.3) is 5.91 Å². The van der Waals surface area contributed by atoms with Gasteiger partial charge in [0.2, 0.25) is 0 Å². The topological polar surface area (TPSA) is 58.1 Å². The maximum absolute atomic E-state index is 12.1. The molecule has 1 amide bonds. The fourth-order valence-corrected chi connectivity index (χ4v) is 2.07. The van der Waals surface area contributed by atoms with Crippen LogP contribution >= 0.6 is 0 Å². The van der Waals surface area contributed by atoms with Crippen molar-refractivity contribution in [1.29, 1.82) is 0 Å². The van der Waals surface area contributed by atoms with Crippen molar-refractivity contribution >= 4 is 11.7 Å². The molecule has 0 aliphatic carbocycles. The van der Waals surface area contributed by atoms with Crippen molar-refractivity contribution in [2.75, 3.05) is 19.0 Å². The molecule has 0 saturated heterocycles. The summed E-state index contributed by atoms with van der Waals surface area (Å²) in [7, 11) is 3.86. The Bertz CT molecular complexity index is 650. The number of aryl methyl sites for hydroxylation is 2. The lowest BCUT2D eigenvalue weighted by Gasteiger charge is -2.13. The fourth-order valence-electron chi connectivity index (χ4n) is 2.07. The number of nitrogens with one attached hydrogen (secondary N) is 1. The summed E-state index contributed by atoms with van der Waals surface area (Å²) in [6, 6.07) is 9.55. The van der Waals surface area contributed by atoms with E-state index >= 15 is 0 Å². The van der Waals surface area contributed by atoms with Crippen molar-refractivity contribution in [3.05, 3.63) is 53.0 Å². The molecule has 0 radical (unpaired) electrons. The van der Waals surface area contributed by atoms with Crippen LogP contribution in [0.25, 0.3) is 0 Å². The first kappa shape index (κ1) is 15.9. The molecule has 0 bridgehead atoms. The van der Waals surface area contributed by atoms with Gasteiger partial charge >= 0.3 is 0 Å². The number of benzene rings is 1. The molecule has 1 N–H and O–H groups in total. The Labute approximate surface area is 131 Å². The molecule has 2 aromatic rings. The van der Waals surface area contributed by atoms with Crippen LogP contribution in [0.4, 0.5) is 5.82 Å². The number of carbonyl (C=O) groups excluding carboxylic acids is 1. The lowest BCUT2D eigenvalue weighted by atomic mass is 10.1. The van der Waals surface area contributed by atoms with Crippen molar-refractivity contribution in [2.45, 2.75) is 26.8 Å². The second kappa shape index (κ2) is 7.02. The van der Waals surface area contributed by atoms with E-state index in [1.165, 1.54) is 5.56 Å². The average molecular weight is 298 g/mol. The molecular weight excluding hydrogens is 276 g/mol. The lowest BCUT2D eigenvalue weighted by Crippen LogP contribution is -2.24. The zero-order chi connectivity index (χ0) is 16.1. The standard InChI is InChI=1S/C17H22N4O/c1-5-13-6-8-14(9-7-13)17(22)18-11-15-19-12(2)10-16(20-15)21(3)4/h6-10H,5,11H2,1-4H3,(H,18,22). The quantitative estimate of drug-likeness (QED) is 0.920. The summed E-state index contributed by atoms with van der Waals surface area (Å²) in [6.07, 6.45) is 0.965. The van der Waals surface area contributed by atoms with Gasteiger partial charge in [-0.3, -0.25) is 4.79 Å². The Balaban J connectivity index is 2.04. The number of rotatable bonds is 5. The summed E-state index contributed by atoms with van der Waals surface area (Å²) < 4.78 is 0. The molecule has 1 aromatic heterocycles. The summed E-state index contributed by atoms with van der Waals surface area (Å²) >= 11 is 0. The van der Waals surface area contributed by atoms with Gasteiger partial charge in [-0.05, 0) is 31.0 Å². The van der Waals surface area contributed by atoms with Gasteiger partial charge in [0.1, 0.15) is 11.6 Å². The molecule has 0 aliphatic heterocycles. The minimum Gasteiger partial charge on any atom is -0.363 e. The maximum Gasteiger partial charge on any atom is 0.251 e. The van der Waals surface area contributed by atoms with Crippen LogP contribution in [0.1, 0.15) is 34.4 Å². The molecule has 5 nitrogen and oxygen atoms in total. The summed E-state index contributed by atoms with van der Waals surface area (Å²) in [4.78, 5) is 22.8. The molecule has 0 saturated carbocycles. The van der Waals surface area contributed by atoms with Crippen LogP contribution in [0.5, 0.6) is 0 Å². The van der Waals surface area contributed by atoms with Crippen molar-refractivity contribution in [2.24, 2.45) is 0 Å². The van der Waals surface area contributed by atoms with E-state index in [2.05, 4.69) is 22.2 Å². The maximum atomic E-state index is 12.1. The molecule has 5 heteroatoms. The molecule has 2 rings (SSSR count). The zero-order valence-electron chi connectivity index (χ0n) is 13.6. The Kier molecular flexibility index (Phi) is 5.09. The average Bonchev–Trinajstić information content (AvgIpc) is 2.52. The highest BCUT2D eigenvalue weighted by Crippen LogP contribution is 2.09. The highest BCUT2D eigenvalue weighted by molar-refractivity contribution is 5.94. The van der Waals surface area contributed by atoms with Gasteiger partial charge in [-0.2, -0.15) is 0 Å². The van der Waals surface area contributed by atoms with E-state index in [1.54, 1.807) is 0 Å². The summed E-state index contributed by atoms with van der Waals surface area (Å²) in [5, 5.41) is 2.86. The first-order valence-electron chi connectivity index (χ1n) is 7.38. The van der Waals surface area contributed by atoms with Gasteiger partial charge in [-0.15, -0.1) is 0 Å². The number of hydrogen-bond donors (Lipinski definition) is 1. The molecular formula is C17H22N4O. The molecule has 0 fully saturated rings. The largest absolute Gasteiger partial charge is 0.363 e. The number of aromatic nitrogens is 2. The van der Waals surface area contributed by atoms with Gasteiger partial charge in [0, 0.05) is 31.4 Å². The van der Waals surface area contributed by atoms with Crippen LogP contribution in [0.15, 0.2) is 30.3 Å². The Morgan fingerprint density at radius 3 is 2.45 bits per heavy atom. The lowest BCUT2D eigenvalue weighted by molar-refractivity contribution is 0.0950. The predicted octanol–water partition coefficient (Wildman–Crippen LogP) is 2.34. The van der Waals surface area contributed by atoms with Crippen molar-refractivity contribution in [1.82, 2.24) is 15.3 Å². The normalized spacial score (nSPS) is 10.4. The van der Waals surface area contributed by atoms with Crippen LogP contribution in [0, 0.1) is 6.92 Å². The van der Waals surface area contributed by atoms with Gasteiger partial charge in [0.05, 0.1) is 6.54 Å². The first-order valence-corrected chi connectivity index (χ1v) is 7.38. The molecule has 116 valence electrons. The zero-order valence-corrected chi connectivity index (χ0v) is 13.6. The van der Waals surface area contributed by atoms with Gasteiger partial charge < -0.3 is 10.2 Å². The smallest absolute Gasteiger partial charge is 0.251 e. The van der Waals surface area contributed by atoms with Gasteiger partial charge in [0.15, 0.2) is 0 Å². The SMILES string of the molecule is CCc1ccc(C(=O)NCc2nc(C)cc(N(C)C)n2)cc1. The Morgan fingerprint density at radius 1 is 1.18 bits per heavy atom. The van der Waals surface area contributed by atoms with Gasteiger partial charge in [-0.1, -0.05) is 19.1 Å². The molecule has 22 heavy (non-hydrogen) atoms. The van der Waals surface area contributed by atoms with Crippen LogP contribution in [-0.2, 0) is 13.0 Å². The number of anilines is 1. The number of amides is 1. The van der Waals surface area contributed by atoms with E-state index in [0.717, 1.165) is 17.9 Å². The molecule has 0 aliphatic rings. The van der Waals surface area contributed by atoms with Crippen LogP contribution in [-0.4, -0.2) is 30.0 Å². The second-order valence-corrected chi connectivity index (χ2v) is 5.41. The highest BCUT2D eigenvalue weighted by Gasteiger charge is 2.08. The fraction of sp³-hybridized carbons (Fsp3) is 0.353. The monoisotopic (exact) mass is 298 g/mol. The minimum absolute atomic E-state index is 0.112. The highest BCUT2D eigenvalue weighted by atomic mass is 16.1. The summed E-state index contributed by atoms with van der Waals surface area (Å²) in [6.45, 7) is 4.33. The number of hydrogen-bond acceptors (Lipinski definition) is 4. The number of carbonyl (C=O) groups is 1. The van der Waals surface area contributed by atoms with Gasteiger partial charge in [-0.25, -0.2) is 9.97 Å². The van der Waals surface area contributed by atoms with E-state index in [0.29, 0.717) is 17.9 Å². The summed E-state index contributed by atoms with van der Waals surface area (Å²) in [5.41, 5.74) is 2.75. The van der Waals surface area contributed by atoms with E-state index in [-0.39, 0.29) is 5.91 Å². The minimum atomic E-state index is -0.112. The predicted molar refractivity (Wildman–Crippen MR) is 88.1 cm³/mol. The molecule has 1 heterocycles. The first-order chi connectivity index (χ1) is 10.5. The molecule has 0 atom stereocenters. The second-order valence-electron chi connectivity index (χ2n) is 5.41. The molecule has 0 unspecified atom stereocenters. The molecule has 1 aromatic carbocycles. The summed E-state index contributed by atoms with van der Waals surface area (Å²) in [5.74, 6) is 1.34. The van der Waals surface area contributed by atoms with E-state index < -0.39 is 0 Å². The Morgan fingerprint density at radius 2 is 1.86 bits per heavy atom. The Hall–Kier alpha value is -2.43. The van der Waals surface area contributed by atoms with Crippen LogP contribution in [0.2, 0.25) is 0 Å². The van der Waals surface area contributed by atoms with Crippen molar-refractivity contribution < 1.29 is 4.79 Å². The third kappa shape index (κ3) is 4.04. The van der Waals surface area contributed by atoms with Crippen LogP contribution < -0.4 is 10.2 Å². The van der Waals surface area contributed by atoms with E-state index in [1.807, 2.05) is 56.3 Å². The third-order valence-electron chi connectivity index (χ3n) is 3.38.